The third kappa shape index (κ3) is 4.28. The molecule has 0 aromatic heterocycles. The summed E-state index contributed by atoms with van der Waals surface area (Å²) in [5.41, 5.74) is 1.80. The Bertz CT molecular complexity index is 701. The average Bonchev–Trinajstić information content (AvgIpc) is 3.22. The minimum atomic E-state index is -0.103. The van der Waals surface area contributed by atoms with Crippen molar-refractivity contribution in [3.8, 4) is 0 Å². The zero-order chi connectivity index (χ0) is 18.8. The first-order valence-electron chi connectivity index (χ1n) is 10.5. The number of fused-ring (bicyclic) bond motifs is 2. The summed E-state index contributed by atoms with van der Waals surface area (Å²) in [5, 5.41) is 9.08. The monoisotopic (exact) mass is 369 g/mol. The quantitative estimate of drug-likeness (QED) is 0.708. The van der Waals surface area contributed by atoms with Crippen molar-refractivity contribution >= 4 is 17.6 Å². The SMILES string of the molecule is C[C@H](NC(=O)NCc1cccc(NC(=O)C2CCC2)c1)[C@H]1C[C@H]2CC[C@H]1C2. The number of urea groups is 1. The molecule has 0 radical (unpaired) electrons. The van der Waals surface area contributed by atoms with Crippen LogP contribution >= 0.6 is 0 Å². The molecule has 0 unspecified atom stereocenters. The van der Waals surface area contributed by atoms with Crippen molar-refractivity contribution in [2.75, 3.05) is 5.32 Å². The van der Waals surface area contributed by atoms with Gasteiger partial charge in [-0.2, -0.15) is 0 Å². The maximum atomic E-state index is 12.3. The van der Waals surface area contributed by atoms with E-state index in [1.54, 1.807) is 0 Å². The van der Waals surface area contributed by atoms with Gasteiger partial charge in [-0.1, -0.05) is 25.0 Å². The molecule has 3 saturated carbocycles. The molecule has 3 N–H and O–H groups in total. The molecular weight excluding hydrogens is 338 g/mol. The van der Waals surface area contributed by atoms with Crippen LogP contribution in [0.5, 0.6) is 0 Å². The molecule has 1 aromatic rings. The molecule has 5 heteroatoms. The number of amides is 3. The van der Waals surface area contributed by atoms with Crippen LogP contribution in [0.25, 0.3) is 0 Å². The molecule has 27 heavy (non-hydrogen) atoms. The van der Waals surface area contributed by atoms with Crippen molar-refractivity contribution in [3.05, 3.63) is 29.8 Å². The Morgan fingerprint density at radius 1 is 1.15 bits per heavy atom. The number of hydrogen-bond donors (Lipinski definition) is 3. The van der Waals surface area contributed by atoms with E-state index in [4.69, 9.17) is 0 Å². The molecular formula is C22H31N3O2. The lowest BCUT2D eigenvalue weighted by Crippen LogP contribution is -2.45. The normalized spacial score (nSPS) is 27.7. The lowest BCUT2D eigenvalue weighted by atomic mass is 9.84. The number of rotatable bonds is 6. The second kappa shape index (κ2) is 7.91. The Labute approximate surface area is 161 Å². The Morgan fingerprint density at radius 3 is 2.67 bits per heavy atom. The lowest BCUT2D eigenvalue weighted by molar-refractivity contribution is -0.122. The third-order valence-corrected chi connectivity index (χ3v) is 6.92. The van der Waals surface area contributed by atoms with Gasteiger partial charge in [-0.15, -0.1) is 0 Å². The highest BCUT2D eigenvalue weighted by Crippen LogP contribution is 2.49. The Kier molecular flexibility index (Phi) is 5.37. The van der Waals surface area contributed by atoms with Gasteiger partial charge in [0.1, 0.15) is 0 Å². The van der Waals surface area contributed by atoms with Crippen LogP contribution in [-0.2, 0) is 11.3 Å². The number of carbonyl (C=O) groups excluding carboxylic acids is 2. The summed E-state index contributed by atoms with van der Waals surface area (Å²) < 4.78 is 0. The second-order valence-electron chi connectivity index (χ2n) is 8.77. The van der Waals surface area contributed by atoms with E-state index < -0.39 is 0 Å². The van der Waals surface area contributed by atoms with Crippen LogP contribution in [0.3, 0.4) is 0 Å². The predicted molar refractivity (Wildman–Crippen MR) is 106 cm³/mol. The number of anilines is 1. The maximum Gasteiger partial charge on any atom is 0.315 e. The number of nitrogens with one attached hydrogen (secondary N) is 3. The van der Waals surface area contributed by atoms with Gasteiger partial charge < -0.3 is 16.0 Å². The molecule has 3 aliphatic rings. The molecule has 0 aliphatic heterocycles. The first-order chi connectivity index (χ1) is 13.1. The Hall–Kier alpha value is -2.04. The van der Waals surface area contributed by atoms with Crippen molar-refractivity contribution < 1.29 is 9.59 Å². The molecule has 1 aromatic carbocycles. The second-order valence-corrected chi connectivity index (χ2v) is 8.77. The predicted octanol–water partition coefficient (Wildman–Crippen LogP) is 4.05. The summed E-state index contributed by atoms with van der Waals surface area (Å²) in [6, 6.07) is 7.86. The highest BCUT2D eigenvalue weighted by molar-refractivity contribution is 5.93. The zero-order valence-corrected chi connectivity index (χ0v) is 16.2. The van der Waals surface area contributed by atoms with E-state index in [0.29, 0.717) is 12.5 Å². The maximum absolute atomic E-state index is 12.3. The van der Waals surface area contributed by atoms with E-state index in [1.165, 1.54) is 25.7 Å². The van der Waals surface area contributed by atoms with Crippen LogP contribution < -0.4 is 16.0 Å². The highest BCUT2D eigenvalue weighted by Gasteiger charge is 2.42. The number of carbonyl (C=O) groups is 2. The van der Waals surface area contributed by atoms with Gasteiger partial charge >= 0.3 is 6.03 Å². The van der Waals surface area contributed by atoms with E-state index in [-0.39, 0.29) is 23.9 Å². The van der Waals surface area contributed by atoms with Gasteiger partial charge in [0.25, 0.3) is 0 Å². The van der Waals surface area contributed by atoms with Gasteiger partial charge in [0, 0.05) is 24.2 Å². The van der Waals surface area contributed by atoms with Crippen LogP contribution in [0.4, 0.5) is 10.5 Å². The number of benzene rings is 1. The van der Waals surface area contributed by atoms with Crippen molar-refractivity contribution in [2.24, 2.45) is 23.7 Å². The fraction of sp³-hybridized carbons (Fsp3) is 0.636. The molecule has 0 spiro atoms. The van der Waals surface area contributed by atoms with Gasteiger partial charge in [-0.05, 0) is 74.5 Å². The smallest absolute Gasteiger partial charge is 0.315 e. The Balaban J connectivity index is 1.23. The molecule has 0 heterocycles. The van der Waals surface area contributed by atoms with Crippen LogP contribution in [-0.4, -0.2) is 18.0 Å². The van der Waals surface area contributed by atoms with E-state index in [2.05, 4.69) is 22.9 Å². The molecule has 4 atom stereocenters. The third-order valence-electron chi connectivity index (χ3n) is 6.92. The molecule has 0 saturated heterocycles. The van der Waals surface area contributed by atoms with Gasteiger partial charge in [-0.25, -0.2) is 4.79 Å². The summed E-state index contributed by atoms with van der Waals surface area (Å²) >= 11 is 0. The van der Waals surface area contributed by atoms with Gasteiger partial charge in [0.05, 0.1) is 0 Å². The minimum absolute atomic E-state index is 0.103. The van der Waals surface area contributed by atoms with Crippen LogP contribution in [0.1, 0.15) is 57.4 Å². The van der Waals surface area contributed by atoms with Crippen molar-refractivity contribution in [2.45, 2.75) is 64.5 Å². The molecule has 5 nitrogen and oxygen atoms in total. The summed E-state index contributed by atoms with van der Waals surface area (Å²) in [5.74, 6) is 2.62. The van der Waals surface area contributed by atoms with Crippen LogP contribution in [0.2, 0.25) is 0 Å². The van der Waals surface area contributed by atoms with E-state index >= 15 is 0 Å². The lowest BCUT2D eigenvalue weighted by Gasteiger charge is -2.28. The van der Waals surface area contributed by atoms with Crippen molar-refractivity contribution in [1.82, 2.24) is 10.6 Å². The zero-order valence-electron chi connectivity index (χ0n) is 16.2. The van der Waals surface area contributed by atoms with Crippen LogP contribution in [0.15, 0.2) is 24.3 Å². The van der Waals surface area contributed by atoms with E-state index in [1.807, 2.05) is 24.3 Å². The molecule has 4 rings (SSSR count). The summed E-state index contributed by atoms with van der Waals surface area (Å²) in [4.78, 5) is 24.4. The van der Waals surface area contributed by atoms with E-state index in [0.717, 1.165) is 42.3 Å². The van der Waals surface area contributed by atoms with Crippen molar-refractivity contribution in [3.63, 3.8) is 0 Å². The summed E-state index contributed by atoms with van der Waals surface area (Å²) in [6.45, 7) is 2.60. The minimum Gasteiger partial charge on any atom is -0.335 e. The standard InChI is InChI=1S/C22H31N3O2/c1-14(20-12-15-8-9-18(20)10-15)24-22(27)23-13-16-4-2-7-19(11-16)25-21(26)17-5-3-6-17/h2,4,7,11,14-15,17-18,20H,3,5-6,8-10,12-13H2,1H3,(H,25,26)(H2,23,24,27)/t14-,15-,18-,20+/m0/s1. The van der Waals surface area contributed by atoms with E-state index in [9.17, 15) is 9.59 Å². The fourth-order valence-electron chi connectivity index (χ4n) is 5.13. The average molecular weight is 370 g/mol. The highest BCUT2D eigenvalue weighted by atomic mass is 16.2. The molecule has 3 amide bonds. The molecule has 3 fully saturated rings. The van der Waals surface area contributed by atoms with Crippen LogP contribution in [0, 0.1) is 23.7 Å². The largest absolute Gasteiger partial charge is 0.335 e. The first kappa shape index (κ1) is 18.3. The molecule has 2 bridgehead atoms. The Morgan fingerprint density at radius 2 is 2.00 bits per heavy atom. The van der Waals surface area contributed by atoms with Crippen molar-refractivity contribution in [1.29, 1.82) is 0 Å². The summed E-state index contributed by atoms with van der Waals surface area (Å²) in [6.07, 6.45) is 8.49. The topological polar surface area (TPSA) is 70.2 Å². The summed E-state index contributed by atoms with van der Waals surface area (Å²) in [7, 11) is 0. The first-order valence-corrected chi connectivity index (χ1v) is 10.5. The van der Waals surface area contributed by atoms with Gasteiger partial charge in [0.2, 0.25) is 5.91 Å². The fourth-order valence-corrected chi connectivity index (χ4v) is 5.13. The number of hydrogen-bond acceptors (Lipinski definition) is 2. The molecule has 146 valence electrons. The van der Waals surface area contributed by atoms with Gasteiger partial charge in [-0.3, -0.25) is 4.79 Å². The molecule has 3 aliphatic carbocycles. The van der Waals surface area contributed by atoms with Gasteiger partial charge in [0.15, 0.2) is 0 Å².